The smallest absolute Gasteiger partial charge is 0.0252 e. The summed E-state index contributed by atoms with van der Waals surface area (Å²) in [6.45, 7) is 9.58. The molecule has 2 heteroatoms. The molecule has 0 spiro atoms. The molecule has 0 aromatic heterocycles. The predicted octanol–water partition coefficient (Wildman–Crippen LogP) is 2.64. The average Bonchev–Trinajstić information content (AvgIpc) is 2.69. The second kappa shape index (κ2) is 5.50. The molecule has 2 fully saturated rings. The molecular formula is C14H28N2. The normalized spacial score (nSPS) is 27.4. The molecule has 0 radical (unpaired) electrons. The lowest BCUT2D eigenvalue weighted by atomic mass is 9.99. The molecule has 1 aliphatic carbocycles. The van der Waals surface area contributed by atoms with Crippen molar-refractivity contribution in [1.29, 1.82) is 0 Å². The van der Waals surface area contributed by atoms with Gasteiger partial charge in [-0.3, -0.25) is 0 Å². The molecule has 94 valence electrons. The Kier molecular flexibility index (Phi) is 4.26. The zero-order chi connectivity index (χ0) is 11.4. The summed E-state index contributed by atoms with van der Waals surface area (Å²) in [6.07, 6.45) is 8.89. The Morgan fingerprint density at radius 2 is 2.00 bits per heavy atom. The van der Waals surface area contributed by atoms with E-state index >= 15 is 0 Å². The lowest BCUT2D eigenvalue weighted by Gasteiger charge is -2.39. The van der Waals surface area contributed by atoms with Crippen LogP contribution < -0.4 is 5.32 Å². The summed E-state index contributed by atoms with van der Waals surface area (Å²) in [5.74, 6) is 1.07. The lowest BCUT2D eigenvalue weighted by Crippen LogP contribution is -2.57. The molecule has 0 unspecified atom stereocenters. The fraction of sp³-hybridized carbons (Fsp3) is 1.00. The molecule has 2 rings (SSSR count). The van der Waals surface area contributed by atoms with E-state index in [1.54, 1.807) is 0 Å². The fourth-order valence-corrected chi connectivity index (χ4v) is 3.34. The molecule has 16 heavy (non-hydrogen) atoms. The number of nitrogens with zero attached hydrogens (tertiary/aromatic N) is 1. The third-order valence-corrected chi connectivity index (χ3v) is 4.21. The molecule has 1 heterocycles. The third kappa shape index (κ3) is 3.74. The van der Waals surface area contributed by atoms with Crippen molar-refractivity contribution in [2.45, 2.75) is 57.9 Å². The number of nitrogens with one attached hydrogen (secondary N) is 1. The topological polar surface area (TPSA) is 15.3 Å². The first-order valence-corrected chi connectivity index (χ1v) is 7.13. The highest BCUT2D eigenvalue weighted by molar-refractivity contribution is 4.86. The zero-order valence-electron chi connectivity index (χ0n) is 11.1. The monoisotopic (exact) mass is 224 g/mol. The molecule has 1 aliphatic heterocycles. The van der Waals surface area contributed by atoms with E-state index in [-0.39, 0.29) is 0 Å². The maximum absolute atomic E-state index is 3.58. The highest BCUT2D eigenvalue weighted by Crippen LogP contribution is 2.28. The standard InChI is InChI=1S/C14H28N2/c1-14(2)12-16(11-9-15-14)10-5-8-13-6-3-4-7-13/h13,15H,3-12H2,1-2H3. The van der Waals surface area contributed by atoms with Gasteiger partial charge in [-0.25, -0.2) is 0 Å². The SMILES string of the molecule is CC1(C)CN(CCCC2CCCC2)CCN1. The summed E-state index contributed by atoms with van der Waals surface area (Å²) < 4.78 is 0. The van der Waals surface area contributed by atoms with Crippen molar-refractivity contribution in [1.82, 2.24) is 10.2 Å². The fourth-order valence-electron chi connectivity index (χ4n) is 3.34. The second-order valence-corrected chi connectivity index (χ2v) is 6.38. The minimum atomic E-state index is 0.325. The van der Waals surface area contributed by atoms with Crippen LogP contribution in [0.2, 0.25) is 0 Å². The molecule has 0 aromatic carbocycles. The molecule has 0 bridgehead atoms. The van der Waals surface area contributed by atoms with Gasteiger partial charge in [0.25, 0.3) is 0 Å². The first kappa shape index (κ1) is 12.4. The Hall–Kier alpha value is -0.0800. The van der Waals surface area contributed by atoms with Crippen molar-refractivity contribution in [3.63, 3.8) is 0 Å². The molecule has 2 aliphatic rings. The van der Waals surface area contributed by atoms with Crippen molar-refractivity contribution in [2.75, 3.05) is 26.2 Å². The van der Waals surface area contributed by atoms with Crippen molar-refractivity contribution < 1.29 is 0 Å². The van der Waals surface area contributed by atoms with Gasteiger partial charge in [-0.15, -0.1) is 0 Å². The van der Waals surface area contributed by atoms with E-state index < -0.39 is 0 Å². The van der Waals surface area contributed by atoms with Crippen LogP contribution in [0.5, 0.6) is 0 Å². The van der Waals surface area contributed by atoms with Gasteiger partial charge in [-0.1, -0.05) is 25.7 Å². The Morgan fingerprint density at radius 3 is 2.69 bits per heavy atom. The predicted molar refractivity (Wildman–Crippen MR) is 69.7 cm³/mol. The Bertz CT molecular complexity index is 207. The van der Waals surface area contributed by atoms with E-state index in [1.165, 1.54) is 58.2 Å². The van der Waals surface area contributed by atoms with E-state index in [0.29, 0.717) is 5.54 Å². The molecule has 0 amide bonds. The maximum Gasteiger partial charge on any atom is 0.0252 e. The first-order valence-electron chi connectivity index (χ1n) is 7.13. The summed E-state index contributed by atoms with van der Waals surface area (Å²) in [5.41, 5.74) is 0.325. The second-order valence-electron chi connectivity index (χ2n) is 6.38. The van der Waals surface area contributed by atoms with Crippen LogP contribution in [0.25, 0.3) is 0 Å². The van der Waals surface area contributed by atoms with Gasteiger partial charge in [0.1, 0.15) is 0 Å². The van der Waals surface area contributed by atoms with Crippen LogP contribution in [0.3, 0.4) is 0 Å². The van der Waals surface area contributed by atoms with Crippen LogP contribution in [0.4, 0.5) is 0 Å². The van der Waals surface area contributed by atoms with Gasteiger partial charge < -0.3 is 10.2 Å². The summed E-state index contributed by atoms with van der Waals surface area (Å²) in [7, 11) is 0. The molecular weight excluding hydrogens is 196 g/mol. The minimum absolute atomic E-state index is 0.325. The summed E-state index contributed by atoms with van der Waals surface area (Å²) in [5, 5.41) is 3.58. The van der Waals surface area contributed by atoms with Crippen LogP contribution >= 0.6 is 0 Å². The van der Waals surface area contributed by atoms with E-state index in [4.69, 9.17) is 0 Å². The maximum atomic E-state index is 3.58. The minimum Gasteiger partial charge on any atom is -0.309 e. The largest absolute Gasteiger partial charge is 0.309 e. The summed E-state index contributed by atoms with van der Waals surface area (Å²) in [4.78, 5) is 2.64. The highest BCUT2D eigenvalue weighted by atomic mass is 15.2. The van der Waals surface area contributed by atoms with Gasteiger partial charge in [0.15, 0.2) is 0 Å². The lowest BCUT2D eigenvalue weighted by molar-refractivity contribution is 0.150. The number of hydrogen-bond acceptors (Lipinski definition) is 2. The van der Waals surface area contributed by atoms with Crippen molar-refractivity contribution in [3.05, 3.63) is 0 Å². The zero-order valence-corrected chi connectivity index (χ0v) is 11.1. The number of piperazine rings is 1. The molecule has 2 nitrogen and oxygen atoms in total. The van der Waals surface area contributed by atoms with Crippen molar-refractivity contribution in [3.8, 4) is 0 Å². The van der Waals surface area contributed by atoms with Crippen LogP contribution in [-0.2, 0) is 0 Å². The van der Waals surface area contributed by atoms with Crippen LogP contribution in [-0.4, -0.2) is 36.6 Å². The molecule has 0 aromatic rings. The van der Waals surface area contributed by atoms with Crippen LogP contribution in [0.1, 0.15) is 52.4 Å². The van der Waals surface area contributed by atoms with Crippen molar-refractivity contribution in [2.24, 2.45) is 5.92 Å². The van der Waals surface area contributed by atoms with E-state index in [1.807, 2.05) is 0 Å². The van der Waals surface area contributed by atoms with Gasteiger partial charge in [0.05, 0.1) is 0 Å². The van der Waals surface area contributed by atoms with Gasteiger partial charge in [-0.05, 0) is 39.2 Å². The summed E-state index contributed by atoms with van der Waals surface area (Å²) in [6, 6.07) is 0. The van der Waals surface area contributed by atoms with Gasteiger partial charge >= 0.3 is 0 Å². The highest BCUT2D eigenvalue weighted by Gasteiger charge is 2.25. The van der Waals surface area contributed by atoms with E-state index in [9.17, 15) is 0 Å². The van der Waals surface area contributed by atoms with Crippen LogP contribution in [0, 0.1) is 5.92 Å². The van der Waals surface area contributed by atoms with E-state index in [2.05, 4.69) is 24.1 Å². The van der Waals surface area contributed by atoms with E-state index in [0.717, 1.165) is 12.5 Å². The molecule has 1 N–H and O–H groups in total. The van der Waals surface area contributed by atoms with Crippen LogP contribution in [0.15, 0.2) is 0 Å². The van der Waals surface area contributed by atoms with Gasteiger partial charge in [0, 0.05) is 25.2 Å². The van der Waals surface area contributed by atoms with Gasteiger partial charge in [0.2, 0.25) is 0 Å². The van der Waals surface area contributed by atoms with Crippen molar-refractivity contribution >= 4 is 0 Å². The number of hydrogen-bond donors (Lipinski definition) is 1. The molecule has 0 atom stereocenters. The summed E-state index contributed by atoms with van der Waals surface area (Å²) >= 11 is 0. The quantitative estimate of drug-likeness (QED) is 0.790. The third-order valence-electron chi connectivity index (χ3n) is 4.21. The Balaban J connectivity index is 1.61. The Morgan fingerprint density at radius 1 is 1.25 bits per heavy atom. The van der Waals surface area contributed by atoms with Gasteiger partial charge in [-0.2, -0.15) is 0 Å². The molecule has 1 saturated heterocycles. The average molecular weight is 224 g/mol. The Labute approximate surface area is 101 Å². The number of rotatable bonds is 4. The first-order chi connectivity index (χ1) is 7.66. The molecule has 1 saturated carbocycles.